The van der Waals surface area contributed by atoms with Gasteiger partial charge in [-0.15, -0.1) is 10.2 Å². The van der Waals surface area contributed by atoms with E-state index in [2.05, 4.69) is 27.6 Å². The number of thioether (sulfide) groups is 1. The molecule has 1 aromatic heterocycles. The number of carbonyl (C=O) groups excluding carboxylic acids is 1. The van der Waals surface area contributed by atoms with E-state index in [4.69, 9.17) is 9.47 Å². The molecule has 0 fully saturated rings. The van der Waals surface area contributed by atoms with Crippen LogP contribution in [-0.4, -0.2) is 40.1 Å². The van der Waals surface area contributed by atoms with Crippen molar-refractivity contribution in [2.45, 2.75) is 18.6 Å². The van der Waals surface area contributed by atoms with Crippen molar-refractivity contribution in [1.29, 1.82) is 0 Å². The van der Waals surface area contributed by atoms with Crippen molar-refractivity contribution in [2.24, 2.45) is 0 Å². The Labute approximate surface area is 203 Å². The van der Waals surface area contributed by atoms with Gasteiger partial charge in [0.2, 0.25) is 5.91 Å². The van der Waals surface area contributed by atoms with E-state index in [0.717, 1.165) is 22.6 Å². The molecule has 0 aliphatic heterocycles. The minimum atomic E-state index is -0.123. The highest BCUT2D eigenvalue weighted by atomic mass is 32.2. The molecule has 3 aromatic carbocycles. The van der Waals surface area contributed by atoms with Crippen LogP contribution >= 0.6 is 11.8 Å². The molecule has 34 heavy (non-hydrogen) atoms. The molecule has 4 aromatic rings. The average molecular weight is 475 g/mol. The van der Waals surface area contributed by atoms with Crippen molar-refractivity contribution in [2.75, 3.05) is 24.8 Å². The number of hydrogen-bond acceptors (Lipinski definition) is 6. The largest absolute Gasteiger partial charge is 0.496 e. The van der Waals surface area contributed by atoms with Crippen molar-refractivity contribution < 1.29 is 14.3 Å². The first kappa shape index (κ1) is 23.4. The zero-order valence-electron chi connectivity index (χ0n) is 19.1. The topological polar surface area (TPSA) is 78.3 Å². The van der Waals surface area contributed by atoms with Gasteiger partial charge in [-0.05, 0) is 48.9 Å². The molecule has 0 spiro atoms. The first-order valence-electron chi connectivity index (χ1n) is 10.9. The van der Waals surface area contributed by atoms with E-state index in [1.54, 1.807) is 7.11 Å². The van der Waals surface area contributed by atoms with E-state index >= 15 is 0 Å². The number of aromatic nitrogens is 3. The van der Waals surface area contributed by atoms with Gasteiger partial charge in [0.15, 0.2) is 11.0 Å². The number of nitrogens with zero attached hydrogens (tertiary/aromatic N) is 3. The fourth-order valence-corrected chi connectivity index (χ4v) is 4.20. The average Bonchev–Trinajstić information content (AvgIpc) is 3.26. The van der Waals surface area contributed by atoms with E-state index in [-0.39, 0.29) is 11.7 Å². The quantitative estimate of drug-likeness (QED) is 0.321. The number of hydrogen-bond donors (Lipinski definition) is 1. The summed E-state index contributed by atoms with van der Waals surface area (Å²) in [5, 5.41) is 12.4. The summed E-state index contributed by atoms with van der Waals surface area (Å²) in [5.41, 5.74) is 2.67. The Bertz CT molecular complexity index is 1230. The van der Waals surface area contributed by atoms with Crippen LogP contribution in [0.3, 0.4) is 0 Å². The molecule has 0 unspecified atom stereocenters. The number of methoxy groups -OCH3 is 1. The number of anilines is 1. The van der Waals surface area contributed by atoms with E-state index in [9.17, 15) is 4.79 Å². The molecule has 7 nitrogen and oxygen atoms in total. The maximum absolute atomic E-state index is 12.6. The van der Waals surface area contributed by atoms with Crippen LogP contribution in [0.4, 0.5) is 5.69 Å². The van der Waals surface area contributed by atoms with Gasteiger partial charge in [-0.25, -0.2) is 0 Å². The summed E-state index contributed by atoms with van der Waals surface area (Å²) >= 11 is 1.35. The smallest absolute Gasteiger partial charge is 0.234 e. The summed E-state index contributed by atoms with van der Waals surface area (Å²) < 4.78 is 13.0. The highest BCUT2D eigenvalue weighted by Gasteiger charge is 2.18. The van der Waals surface area contributed by atoms with Crippen LogP contribution in [0, 0.1) is 0 Å². The maximum Gasteiger partial charge on any atom is 0.234 e. The molecule has 4 rings (SSSR count). The van der Waals surface area contributed by atoms with Crippen molar-refractivity contribution in [3.63, 3.8) is 0 Å². The van der Waals surface area contributed by atoms with Crippen molar-refractivity contribution in [3.8, 4) is 22.9 Å². The Morgan fingerprint density at radius 1 is 0.971 bits per heavy atom. The van der Waals surface area contributed by atoms with Gasteiger partial charge < -0.3 is 14.8 Å². The second-order valence-corrected chi connectivity index (χ2v) is 8.31. The monoisotopic (exact) mass is 474 g/mol. The standard InChI is InChI=1S/C26H26N4O3S/c1-3-33-21-15-13-20(14-16-21)27-24(31)18-34-26-29-28-25(22-11-7-8-12-23(22)32-2)30(26)17-19-9-5-4-6-10-19/h4-16H,3,17-18H2,1-2H3,(H,27,31). The van der Waals surface area contributed by atoms with Gasteiger partial charge in [-0.3, -0.25) is 9.36 Å². The lowest BCUT2D eigenvalue weighted by Gasteiger charge is -2.12. The number of rotatable bonds is 10. The SMILES string of the molecule is CCOc1ccc(NC(=O)CSc2nnc(-c3ccccc3OC)n2Cc2ccccc2)cc1. The summed E-state index contributed by atoms with van der Waals surface area (Å²) in [6.45, 7) is 3.11. The number of amides is 1. The van der Waals surface area contributed by atoms with Gasteiger partial charge in [-0.1, -0.05) is 54.2 Å². The first-order chi connectivity index (χ1) is 16.7. The molecule has 0 saturated heterocycles. The van der Waals surface area contributed by atoms with Gasteiger partial charge in [0.05, 0.1) is 31.6 Å². The molecule has 1 amide bonds. The summed E-state index contributed by atoms with van der Waals surface area (Å²) in [6, 6.07) is 25.1. The zero-order chi connectivity index (χ0) is 23.8. The Kier molecular flexibility index (Phi) is 7.83. The van der Waals surface area contributed by atoms with Gasteiger partial charge >= 0.3 is 0 Å². The van der Waals surface area contributed by atoms with Crippen LogP contribution in [0.15, 0.2) is 84.0 Å². The molecule has 0 aliphatic carbocycles. The first-order valence-corrected chi connectivity index (χ1v) is 11.9. The van der Waals surface area contributed by atoms with E-state index in [0.29, 0.717) is 29.9 Å². The van der Waals surface area contributed by atoms with Crippen LogP contribution in [0.2, 0.25) is 0 Å². The minimum Gasteiger partial charge on any atom is -0.496 e. The molecule has 1 N–H and O–H groups in total. The number of nitrogens with one attached hydrogen (secondary N) is 1. The highest BCUT2D eigenvalue weighted by Crippen LogP contribution is 2.31. The van der Waals surface area contributed by atoms with Crippen molar-refractivity contribution >= 4 is 23.4 Å². The van der Waals surface area contributed by atoms with Crippen LogP contribution in [0.25, 0.3) is 11.4 Å². The molecule has 8 heteroatoms. The second kappa shape index (κ2) is 11.4. The predicted molar refractivity (Wildman–Crippen MR) is 135 cm³/mol. The van der Waals surface area contributed by atoms with Crippen LogP contribution in [0.1, 0.15) is 12.5 Å². The fraction of sp³-hybridized carbons (Fsp3) is 0.192. The van der Waals surface area contributed by atoms with E-state index < -0.39 is 0 Å². The van der Waals surface area contributed by atoms with Crippen molar-refractivity contribution in [3.05, 3.63) is 84.4 Å². The maximum atomic E-state index is 12.6. The highest BCUT2D eigenvalue weighted by molar-refractivity contribution is 7.99. The van der Waals surface area contributed by atoms with Gasteiger partial charge in [0, 0.05) is 5.69 Å². The third-order valence-electron chi connectivity index (χ3n) is 5.03. The molecule has 0 aliphatic rings. The predicted octanol–water partition coefficient (Wildman–Crippen LogP) is 5.13. The lowest BCUT2D eigenvalue weighted by Crippen LogP contribution is -2.15. The van der Waals surface area contributed by atoms with Crippen LogP contribution < -0.4 is 14.8 Å². The number of ether oxygens (including phenoxy) is 2. The van der Waals surface area contributed by atoms with Gasteiger partial charge in [0.1, 0.15) is 11.5 Å². The van der Waals surface area contributed by atoms with Crippen LogP contribution in [0.5, 0.6) is 11.5 Å². The lowest BCUT2D eigenvalue weighted by atomic mass is 10.1. The van der Waals surface area contributed by atoms with Crippen molar-refractivity contribution in [1.82, 2.24) is 14.8 Å². The minimum absolute atomic E-state index is 0.123. The number of benzene rings is 3. The molecule has 174 valence electrons. The molecule has 1 heterocycles. The second-order valence-electron chi connectivity index (χ2n) is 7.37. The summed E-state index contributed by atoms with van der Waals surface area (Å²) in [5.74, 6) is 2.26. The molecule has 0 saturated carbocycles. The molecular formula is C26H26N4O3S. The Balaban J connectivity index is 1.52. The fourth-order valence-electron chi connectivity index (χ4n) is 3.46. The zero-order valence-corrected chi connectivity index (χ0v) is 19.9. The normalized spacial score (nSPS) is 10.6. The Morgan fingerprint density at radius 3 is 2.44 bits per heavy atom. The van der Waals surface area contributed by atoms with E-state index in [1.807, 2.05) is 78.2 Å². The lowest BCUT2D eigenvalue weighted by molar-refractivity contribution is -0.113. The Hall–Kier alpha value is -3.78. The number of carbonyl (C=O) groups is 1. The van der Waals surface area contributed by atoms with Crippen LogP contribution in [-0.2, 0) is 11.3 Å². The third kappa shape index (κ3) is 5.77. The third-order valence-corrected chi connectivity index (χ3v) is 6.00. The molecular weight excluding hydrogens is 448 g/mol. The summed E-state index contributed by atoms with van der Waals surface area (Å²) in [6.07, 6.45) is 0. The van der Waals surface area contributed by atoms with Gasteiger partial charge in [-0.2, -0.15) is 0 Å². The number of para-hydroxylation sites is 1. The van der Waals surface area contributed by atoms with E-state index in [1.165, 1.54) is 11.8 Å². The summed E-state index contributed by atoms with van der Waals surface area (Å²) in [4.78, 5) is 12.6. The van der Waals surface area contributed by atoms with Gasteiger partial charge in [0.25, 0.3) is 0 Å². The molecule has 0 atom stereocenters. The molecule has 0 bridgehead atoms. The Morgan fingerprint density at radius 2 is 1.71 bits per heavy atom. The summed E-state index contributed by atoms with van der Waals surface area (Å²) in [7, 11) is 1.64. The molecule has 0 radical (unpaired) electrons.